The minimum Gasteiger partial charge on any atom is -0.434 e. The third kappa shape index (κ3) is 7.17. The van der Waals surface area contributed by atoms with Crippen LogP contribution in [0.5, 0.6) is 5.75 Å². The maximum Gasteiger partial charge on any atom is 0.513 e. The summed E-state index contributed by atoms with van der Waals surface area (Å²) in [6.45, 7) is 2.11. The lowest BCUT2D eigenvalue weighted by Gasteiger charge is -2.10. The number of anilines is 1. The van der Waals surface area contributed by atoms with Gasteiger partial charge in [-0.3, -0.25) is 9.59 Å². The van der Waals surface area contributed by atoms with Crippen LogP contribution in [-0.2, 0) is 22.5 Å². The Morgan fingerprint density at radius 3 is 2.42 bits per heavy atom. The van der Waals surface area contributed by atoms with Crippen molar-refractivity contribution in [2.75, 3.05) is 11.9 Å². The molecule has 0 saturated carbocycles. The van der Waals surface area contributed by atoms with Crippen molar-refractivity contribution < 1.29 is 28.2 Å². The van der Waals surface area contributed by atoms with Crippen molar-refractivity contribution in [2.45, 2.75) is 19.9 Å². The van der Waals surface area contributed by atoms with Crippen LogP contribution < -0.4 is 15.4 Å². The Balaban J connectivity index is 1.54. The lowest BCUT2D eigenvalue weighted by molar-refractivity contribution is -0.120. The molecule has 0 spiro atoms. The quantitative estimate of drug-likeness (QED) is 0.390. The standard InChI is InChI=1S/C25H23FN2O5/c1-2-32-25(31)33-21-12-10-18(11-13-21)24(30)28-20-8-5-6-17(14-20)16-27-23(29)15-19-7-3-4-9-22(19)26/h3-14H,2,15-16H2,1H3,(H,27,29)(H,28,30). The predicted molar refractivity (Wildman–Crippen MR) is 120 cm³/mol. The molecular formula is C25H23FN2O5. The molecular weight excluding hydrogens is 427 g/mol. The molecule has 0 saturated heterocycles. The van der Waals surface area contributed by atoms with Crippen LogP contribution in [0.1, 0.15) is 28.4 Å². The average Bonchev–Trinajstić information content (AvgIpc) is 2.80. The van der Waals surface area contributed by atoms with Crippen molar-refractivity contribution in [3.63, 3.8) is 0 Å². The number of halogens is 1. The van der Waals surface area contributed by atoms with Crippen LogP contribution in [-0.4, -0.2) is 24.6 Å². The Morgan fingerprint density at radius 2 is 1.70 bits per heavy atom. The minimum absolute atomic E-state index is 0.0566. The first kappa shape index (κ1) is 23.5. The molecule has 2 N–H and O–H groups in total. The summed E-state index contributed by atoms with van der Waals surface area (Å²) in [5.74, 6) is -0.811. The second-order valence-corrected chi connectivity index (χ2v) is 7.01. The predicted octanol–water partition coefficient (Wildman–Crippen LogP) is 4.47. The lowest BCUT2D eigenvalue weighted by atomic mass is 10.1. The Kier molecular flexibility index (Phi) is 8.13. The number of carbonyl (C=O) groups excluding carboxylic acids is 3. The maximum atomic E-state index is 13.7. The van der Waals surface area contributed by atoms with E-state index >= 15 is 0 Å². The fourth-order valence-electron chi connectivity index (χ4n) is 2.96. The van der Waals surface area contributed by atoms with Gasteiger partial charge < -0.3 is 20.1 Å². The van der Waals surface area contributed by atoms with E-state index < -0.39 is 12.0 Å². The summed E-state index contributed by atoms with van der Waals surface area (Å²) >= 11 is 0. The Bertz CT molecular complexity index is 1130. The van der Waals surface area contributed by atoms with Gasteiger partial charge in [0.25, 0.3) is 5.91 Å². The molecule has 3 aromatic carbocycles. The van der Waals surface area contributed by atoms with Crippen molar-refractivity contribution in [1.29, 1.82) is 0 Å². The summed E-state index contributed by atoms with van der Waals surface area (Å²) < 4.78 is 23.4. The molecule has 0 atom stereocenters. The molecule has 7 nitrogen and oxygen atoms in total. The van der Waals surface area contributed by atoms with Crippen LogP contribution in [0.4, 0.5) is 14.9 Å². The van der Waals surface area contributed by atoms with Gasteiger partial charge in [-0.25, -0.2) is 9.18 Å². The first-order valence-corrected chi connectivity index (χ1v) is 10.3. The van der Waals surface area contributed by atoms with Crippen LogP contribution >= 0.6 is 0 Å². The molecule has 0 aliphatic rings. The third-order valence-corrected chi connectivity index (χ3v) is 4.56. The number of hydrogen-bond donors (Lipinski definition) is 2. The van der Waals surface area contributed by atoms with E-state index in [0.29, 0.717) is 16.8 Å². The van der Waals surface area contributed by atoms with Crippen LogP contribution in [0, 0.1) is 5.82 Å². The molecule has 0 bridgehead atoms. The first-order valence-electron chi connectivity index (χ1n) is 10.3. The van der Waals surface area contributed by atoms with Gasteiger partial charge in [-0.2, -0.15) is 0 Å². The van der Waals surface area contributed by atoms with E-state index in [-0.39, 0.29) is 37.1 Å². The molecule has 0 aromatic heterocycles. The average molecular weight is 450 g/mol. The number of benzene rings is 3. The fourth-order valence-corrected chi connectivity index (χ4v) is 2.96. The van der Waals surface area contributed by atoms with Crippen molar-refractivity contribution in [3.05, 3.63) is 95.3 Å². The van der Waals surface area contributed by atoms with E-state index in [4.69, 9.17) is 9.47 Å². The van der Waals surface area contributed by atoms with Gasteiger partial charge in [-0.05, 0) is 60.5 Å². The van der Waals surface area contributed by atoms with Gasteiger partial charge in [-0.1, -0.05) is 30.3 Å². The number of ether oxygens (including phenoxy) is 2. The number of nitrogens with one attached hydrogen (secondary N) is 2. The number of hydrogen-bond acceptors (Lipinski definition) is 5. The normalized spacial score (nSPS) is 10.2. The monoisotopic (exact) mass is 450 g/mol. The zero-order valence-electron chi connectivity index (χ0n) is 18.0. The van der Waals surface area contributed by atoms with Gasteiger partial charge in [-0.15, -0.1) is 0 Å². The van der Waals surface area contributed by atoms with Crippen LogP contribution in [0.2, 0.25) is 0 Å². The van der Waals surface area contributed by atoms with Crippen molar-refractivity contribution in [3.8, 4) is 5.75 Å². The van der Waals surface area contributed by atoms with Crippen molar-refractivity contribution >= 4 is 23.7 Å². The van der Waals surface area contributed by atoms with Gasteiger partial charge in [0.1, 0.15) is 11.6 Å². The van der Waals surface area contributed by atoms with Gasteiger partial charge in [0.2, 0.25) is 5.91 Å². The highest BCUT2D eigenvalue weighted by molar-refractivity contribution is 6.04. The highest BCUT2D eigenvalue weighted by Gasteiger charge is 2.10. The van der Waals surface area contributed by atoms with Crippen LogP contribution in [0.15, 0.2) is 72.8 Å². The molecule has 0 fully saturated rings. The van der Waals surface area contributed by atoms with Gasteiger partial charge >= 0.3 is 6.16 Å². The van der Waals surface area contributed by atoms with Gasteiger partial charge in [0.15, 0.2) is 0 Å². The number of rotatable bonds is 8. The molecule has 170 valence electrons. The second kappa shape index (κ2) is 11.4. The molecule has 0 aliphatic heterocycles. The molecule has 0 heterocycles. The summed E-state index contributed by atoms with van der Waals surface area (Å²) in [5.41, 5.74) is 2.02. The van der Waals surface area contributed by atoms with Crippen LogP contribution in [0.25, 0.3) is 0 Å². The summed E-state index contributed by atoms with van der Waals surface area (Å²) in [7, 11) is 0. The van der Waals surface area contributed by atoms with E-state index in [1.807, 2.05) is 0 Å². The SMILES string of the molecule is CCOC(=O)Oc1ccc(C(=O)Nc2cccc(CNC(=O)Cc3ccccc3F)c2)cc1. The molecule has 0 unspecified atom stereocenters. The van der Waals surface area contributed by atoms with E-state index in [0.717, 1.165) is 5.56 Å². The van der Waals surface area contributed by atoms with Crippen molar-refractivity contribution in [1.82, 2.24) is 5.32 Å². The summed E-state index contributed by atoms with van der Waals surface area (Å²) in [5, 5.41) is 5.53. The smallest absolute Gasteiger partial charge is 0.434 e. The Labute approximate surface area is 190 Å². The Morgan fingerprint density at radius 1 is 0.939 bits per heavy atom. The van der Waals surface area contributed by atoms with Gasteiger partial charge in [0, 0.05) is 17.8 Å². The van der Waals surface area contributed by atoms with E-state index in [1.165, 1.54) is 30.3 Å². The molecule has 0 aliphatic carbocycles. The zero-order chi connectivity index (χ0) is 23.6. The second-order valence-electron chi connectivity index (χ2n) is 7.01. The van der Waals surface area contributed by atoms with Crippen LogP contribution in [0.3, 0.4) is 0 Å². The molecule has 3 aromatic rings. The minimum atomic E-state index is -0.812. The van der Waals surface area contributed by atoms with E-state index in [1.54, 1.807) is 49.4 Å². The summed E-state index contributed by atoms with van der Waals surface area (Å²) in [6.07, 6.45) is -0.869. The molecule has 33 heavy (non-hydrogen) atoms. The number of amides is 2. The zero-order valence-corrected chi connectivity index (χ0v) is 18.0. The molecule has 2 amide bonds. The van der Waals surface area contributed by atoms with E-state index in [2.05, 4.69) is 10.6 Å². The Hall–Kier alpha value is -4.20. The highest BCUT2D eigenvalue weighted by Crippen LogP contribution is 2.16. The largest absolute Gasteiger partial charge is 0.513 e. The fraction of sp³-hybridized carbons (Fsp3) is 0.160. The maximum absolute atomic E-state index is 13.7. The lowest BCUT2D eigenvalue weighted by Crippen LogP contribution is -2.25. The number of carbonyl (C=O) groups is 3. The van der Waals surface area contributed by atoms with E-state index in [9.17, 15) is 18.8 Å². The molecule has 8 heteroatoms. The van der Waals surface area contributed by atoms with Gasteiger partial charge in [0.05, 0.1) is 13.0 Å². The molecule has 0 radical (unpaired) electrons. The third-order valence-electron chi connectivity index (χ3n) is 4.56. The summed E-state index contributed by atoms with van der Waals surface area (Å²) in [4.78, 5) is 36.0. The first-order chi connectivity index (χ1) is 15.9. The highest BCUT2D eigenvalue weighted by atomic mass is 19.1. The van der Waals surface area contributed by atoms with Crippen molar-refractivity contribution in [2.24, 2.45) is 0 Å². The summed E-state index contributed by atoms with van der Waals surface area (Å²) in [6, 6.07) is 19.2. The molecule has 3 rings (SSSR count). The topological polar surface area (TPSA) is 93.7 Å².